The van der Waals surface area contributed by atoms with Crippen molar-refractivity contribution < 1.29 is 9.26 Å². The fourth-order valence-corrected chi connectivity index (χ4v) is 4.27. The molecule has 1 N–H and O–H groups in total. The van der Waals surface area contributed by atoms with Crippen LogP contribution in [0.25, 0.3) is 0 Å². The molecule has 4 heterocycles. The van der Waals surface area contributed by atoms with E-state index in [1.54, 1.807) is 6.33 Å². The number of piperidine rings is 1. The number of rotatable bonds is 5. The van der Waals surface area contributed by atoms with Gasteiger partial charge in [-0.3, -0.25) is 0 Å². The van der Waals surface area contributed by atoms with Crippen LogP contribution in [0.5, 0.6) is 0 Å². The summed E-state index contributed by atoms with van der Waals surface area (Å²) in [5, 5.41) is 7.53. The molecule has 2 fully saturated rings. The van der Waals surface area contributed by atoms with E-state index in [1.807, 2.05) is 13.0 Å². The third-order valence-corrected chi connectivity index (χ3v) is 5.65. The van der Waals surface area contributed by atoms with Gasteiger partial charge in [0.15, 0.2) is 5.82 Å². The zero-order chi connectivity index (χ0) is 19.5. The van der Waals surface area contributed by atoms with Crippen LogP contribution in [0.1, 0.15) is 57.2 Å². The lowest BCUT2D eigenvalue weighted by Gasteiger charge is -2.35. The zero-order valence-electron chi connectivity index (χ0n) is 17.0. The first-order valence-corrected chi connectivity index (χ1v) is 10.4. The second-order valence-corrected chi connectivity index (χ2v) is 8.20. The van der Waals surface area contributed by atoms with Gasteiger partial charge in [0, 0.05) is 25.8 Å². The molecule has 28 heavy (non-hydrogen) atoms. The molecule has 8 nitrogen and oxygen atoms in total. The van der Waals surface area contributed by atoms with Gasteiger partial charge in [0.25, 0.3) is 0 Å². The summed E-state index contributed by atoms with van der Waals surface area (Å²) in [6.45, 7) is 8.93. The second-order valence-electron chi connectivity index (χ2n) is 8.20. The largest absolute Gasteiger partial charge is 0.376 e. The minimum atomic E-state index is 0.215. The Kier molecular flexibility index (Phi) is 5.75. The van der Waals surface area contributed by atoms with Crippen LogP contribution < -0.4 is 10.2 Å². The van der Waals surface area contributed by atoms with E-state index < -0.39 is 0 Å². The van der Waals surface area contributed by atoms with Gasteiger partial charge in [-0.25, -0.2) is 9.97 Å². The molecule has 2 aliphatic rings. The van der Waals surface area contributed by atoms with Crippen molar-refractivity contribution in [1.29, 1.82) is 0 Å². The standard InChI is InChI=1S/C20H30N6O2/c1-13(2)19-16(7-5-9-27-19)24-17-10-18(22-12-21-17)26-8-4-6-15(11-26)20-23-14(3)25-28-20/h10,12-13,15-16,19H,4-9,11H2,1-3H3,(H,21,22,24)/t15-,16-,19+/m1/s1. The fourth-order valence-electron chi connectivity index (χ4n) is 4.27. The van der Waals surface area contributed by atoms with Crippen molar-refractivity contribution in [2.24, 2.45) is 5.92 Å². The SMILES string of the molecule is Cc1noc([C@@H]2CCCN(c3cc(N[C@@H]4CCCO[C@H]4C(C)C)ncn3)C2)n1. The molecule has 0 radical (unpaired) electrons. The lowest BCUT2D eigenvalue weighted by atomic mass is 9.93. The van der Waals surface area contributed by atoms with Crippen LogP contribution in [0.15, 0.2) is 16.9 Å². The molecule has 3 atom stereocenters. The molecule has 2 saturated heterocycles. The minimum absolute atomic E-state index is 0.215. The molecule has 2 aromatic rings. The molecule has 0 amide bonds. The van der Waals surface area contributed by atoms with Crippen LogP contribution >= 0.6 is 0 Å². The van der Waals surface area contributed by atoms with Gasteiger partial charge in [0.1, 0.15) is 18.0 Å². The number of nitrogens with one attached hydrogen (secondary N) is 1. The molecule has 0 bridgehead atoms. The molecule has 8 heteroatoms. The van der Waals surface area contributed by atoms with Crippen molar-refractivity contribution in [3.05, 3.63) is 24.1 Å². The number of anilines is 2. The van der Waals surface area contributed by atoms with E-state index in [0.717, 1.165) is 62.9 Å². The van der Waals surface area contributed by atoms with E-state index in [0.29, 0.717) is 11.7 Å². The van der Waals surface area contributed by atoms with Crippen LogP contribution in [0.4, 0.5) is 11.6 Å². The Morgan fingerprint density at radius 2 is 2.11 bits per heavy atom. The summed E-state index contributed by atoms with van der Waals surface area (Å²) in [4.78, 5) is 15.7. The van der Waals surface area contributed by atoms with E-state index in [2.05, 4.69) is 44.2 Å². The first-order valence-electron chi connectivity index (χ1n) is 10.4. The highest BCUT2D eigenvalue weighted by Crippen LogP contribution is 2.29. The van der Waals surface area contributed by atoms with Crippen LogP contribution in [-0.2, 0) is 4.74 Å². The average Bonchev–Trinajstić information content (AvgIpc) is 3.15. The van der Waals surface area contributed by atoms with E-state index in [9.17, 15) is 0 Å². The first-order chi connectivity index (χ1) is 13.6. The average molecular weight is 387 g/mol. The van der Waals surface area contributed by atoms with Crippen LogP contribution in [0, 0.1) is 12.8 Å². The lowest BCUT2D eigenvalue weighted by Crippen LogP contribution is -2.43. The van der Waals surface area contributed by atoms with Crippen LogP contribution in [0.2, 0.25) is 0 Å². The summed E-state index contributed by atoms with van der Waals surface area (Å²) in [7, 11) is 0. The van der Waals surface area contributed by atoms with Crippen molar-refractivity contribution in [2.45, 2.75) is 64.5 Å². The highest BCUT2D eigenvalue weighted by molar-refractivity contribution is 5.49. The Bertz CT molecular complexity index is 780. The van der Waals surface area contributed by atoms with Gasteiger partial charge in [-0.2, -0.15) is 4.98 Å². The molecule has 0 unspecified atom stereocenters. The van der Waals surface area contributed by atoms with Crippen molar-refractivity contribution in [2.75, 3.05) is 29.9 Å². The normalized spacial score (nSPS) is 25.9. The quantitative estimate of drug-likeness (QED) is 0.838. The predicted octanol–water partition coefficient (Wildman–Crippen LogP) is 3.17. The highest BCUT2D eigenvalue weighted by atomic mass is 16.5. The molecular weight excluding hydrogens is 356 g/mol. The maximum absolute atomic E-state index is 6.00. The molecule has 0 saturated carbocycles. The third-order valence-electron chi connectivity index (χ3n) is 5.65. The van der Waals surface area contributed by atoms with Crippen molar-refractivity contribution in [3.8, 4) is 0 Å². The smallest absolute Gasteiger partial charge is 0.231 e. The van der Waals surface area contributed by atoms with Gasteiger partial charge >= 0.3 is 0 Å². The molecule has 4 rings (SSSR count). The van der Waals surface area contributed by atoms with Crippen molar-refractivity contribution in [3.63, 3.8) is 0 Å². The summed E-state index contributed by atoms with van der Waals surface area (Å²) in [5.41, 5.74) is 0. The number of ether oxygens (including phenoxy) is 1. The Morgan fingerprint density at radius 1 is 1.21 bits per heavy atom. The van der Waals surface area contributed by atoms with Gasteiger partial charge in [-0.15, -0.1) is 0 Å². The minimum Gasteiger partial charge on any atom is -0.376 e. The number of aromatic nitrogens is 4. The molecule has 0 aromatic carbocycles. The van der Waals surface area contributed by atoms with Gasteiger partial charge in [0.2, 0.25) is 5.89 Å². The molecule has 2 aromatic heterocycles. The predicted molar refractivity (Wildman–Crippen MR) is 106 cm³/mol. The third kappa shape index (κ3) is 4.27. The van der Waals surface area contributed by atoms with Gasteiger partial charge in [-0.05, 0) is 38.5 Å². The second kappa shape index (κ2) is 8.43. The number of aryl methyl sites for hydroxylation is 1. The first kappa shape index (κ1) is 19.1. The van der Waals surface area contributed by atoms with Crippen molar-refractivity contribution >= 4 is 11.6 Å². The summed E-state index contributed by atoms with van der Waals surface area (Å²) in [6, 6.07) is 2.33. The van der Waals surface area contributed by atoms with Gasteiger partial charge in [-0.1, -0.05) is 19.0 Å². The summed E-state index contributed by atoms with van der Waals surface area (Å²) < 4.78 is 11.4. The van der Waals surface area contributed by atoms with E-state index in [4.69, 9.17) is 9.26 Å². The van der Waals surface area contributed by atoms with Crippen LogP contribution in [0.3, 0.4) is 0 Å². The fraction of sp³-hybridized carbons (Fsp3) is 0.700. The van der Waals surface area contributed by atoms with Crippen LogP contribution in [-0.4, -0.2) is 52.0 Å². The highest BCUT2D eigenvalue weighted by Gasteiger charge is 2.30. The molecule has 0 aliphatic carbocycles. The van der Waals surface area contributed by atoms with E-state index in [1.165, 1.54) is 0 Å². The van der Waals surface area contributed by atoms with Gasteiger partial charge < -0.3 is 19.5 Å². The number of nitrogens with zero attached hydrogens (tertiary/aromatic N) is 5. The zero-order valence-corrected chi connectivity index (χ0v) is 17.0. The van der Waals surface area contributed by atoms with Gasteiger partial charge in [0.05, 0.1) is 18.1 Å². The summed E-state index contributed by atoms with van der Waals surface area (Å²) in [5.74, 6) is 3.94. The molecule has 0 spiro atoms. The molecule has 2 aliphatic heterocycles. The Labute approximate surface area is 166 Å². The lowest BCUT2D eigenvalue weighted by molar-refractivity contribution is -0.0203. The summed E-state index contributed by atoms with van der Waals surface area (Å²) >= 11 is 0. The monoisotopic (exact) mass is 386 g/mol. The molecule has 152 valence electrons. The Morgan fingerprint density at radius 3 is 2.89 bits per heavy atom. The van der Waals surface area contributed by atoms with E-state index >= 15 is 0 Å². The Balaban J connectivity index is 1.45. The number of hydrogen-bond acceptors (Lipinski definition) is 8. The maximum Gasteiger partial charge on any atom is 0.231 e. The topological polar surface area (TPSA) is 89.2 Å². The molecular formula is C20H30N6O2. The summed E-state index contributed by atoms with van der Waals surface area (Å²) in [6.07, 6.45) is 6.17. The van der Waals surface area contributed by atoms with E-state index in [-0.39, 0.29) is 18.1 Å². The van der Waals surface area contributed by atoms with Crippen molar-refractivity contribution in [1.82, 2.24) is 20.1 Å². The Hall–Kier alpha value is -2.22. The maximum atomic E-state index is 6.00. The number of hydrogen-bond donors (Lipinski definition) is 1.